The van der Waals surface area contributed by atoms with Crippen LogP contribution in [0, 0.1) is 24.0 Å². The van der Waals surface area contributed by atoms with E-state index < -0.39 is 17.0 Å². The molecule has 3 heterocycles. The molecule has 0 spiro atoms. The molecule has 4 rings (SSSR count). The van der Waals surface area contributed by atoms with Gasteiger partial charge in [0.25, 0.3) is 11.6 Å². The normalized spacial score (nSPS) is 11.9. The third kappa shape index (κ3) is 4.58. The van der Waals surface area contributed by atoms with Gasteiger partial charge in [0.1, 0.15) is 0 Å². The van der Waals surface area contributed by atoms with Crippen molar-refractivity contribution < 1.29 is 18.9 Å². The largest absolute Gasteiger partial charge is 0.448 e. The molecule has 168 valence electrons. The minimum Gasteiger partial charge on any atom is -0.448 e. The van der Waals surface area contributed by atoms with E-state index in [0.717, 1.165) is 11.4 Å². The molecule has 33 heavy (non-hydrogen) atoms. The number of ether oxygens (including phenoxy) is 1. The molecule has 0 amide bonds. The van der Waals surface area contributed by atoms with Crippen LogP contribution in [0.4, 0.5) is 5.69 Å². The molecule has 12 heteroatoms. The van der Waals surface area contributed by atoms with Gasteiger partial charge in [0, 0.05) is 23.4 Å². The van der Waals surface area contributed by atoms with Crippen LogP contribution in [-0.2, 0) is 4.74 Å². The highest BCUT2D eigenvalue weighted by Gasteiger charge is 2.23. The summed E-state index contributed by atoms with van der Waals surface area (Å²) in [6.45, 7) is 5.28. The van der Waals surface area contributed by atoms with Gasteiger partial charge >= 0.3 is 5.97 Å². The molecule has 11 nitrogen and oxygen atoms in total. The number of aryl methyl sites for hydroxylation is 2. The number of benzene rings is 1. The van der Waals surface area contributed by atoms with E-state index >= 15 is 0 Å². The summed E-state index contributed by atoms with van der Waals surface area (Å²) in [5.74, 6) is -0.179. The fourth-order valence-corrected chi connectivity index (χ4v) is 3.24. The number of esters is 1. The minimum atomic E-state index is -0.896. The van der Waals surface area contributed by atoms with Gasteiger partial charge in [0.05, 0.1) is 15.6 Å². The molecule has 1 aromatic carbocycles. The van der Waals surface area contributed by atoms with Gasteiger partial charge in [0.2, 0.25) is 5.89 Å². The Labute approximate surface area is 192 Å². The first-order valence-corrected chi connectivity index (χ1v) is 10.1. The average molecular weight is 469 g/mol. The number of nitrogens with zero attached hydrogens (tertiary/aromatic N) is 6. The SMILES string of the molecule is Cc1cc(C)n(-c2ccc(Cl)c(C(=O)OC(C)c3nnc(-c4ccc([N+](=O)[O-])cc4)o3)n2)n1. The van der Waals surface area contributed by atoms with Gasteiger partial charge in [-0.1, -0.05) is 11.6 Å². The zero-order valence-corrected chi connectivity index (χ0v) is 18.5. The maximum atomic E-state index is 12.7. The maximum absolute atomic E-state index is 12.7. The minimum absolute atomic E-state index is 0.0440. The molecule has 1 unspecified atom stereocenters. The molecule has 0 aliphatic carbocycles. The number of halogens is 1. The topological polar surface area (TPSA) is 139 Å². The highest BCUT2D eigenvalue weighted by molar-refractivity contribution is 6.33. The third-order valence-electron chi connectivity index (χ3n) is 4.65. The van der Waals surface area contributed by atoms with Gasteiger partial charge in [-0.05, 0) is 51.1 Å². The molecular formula is C21H17ClN6O5. The number of hydrogen-bond donors (Lipinski definition) is 0. The average Bonchev–Trinajstić information content (AvgIpc) is 3.40. The van der Waals surface area contributed by atoms with E-state index in [1.165, 1.54) is 24.3 Å². The van der Waals surface area contributed by atoms with E-state index in [2.05, 4.69) is 20.3 Å². The number of pyridine rings is 1. The first kappa shape index (κ1) is 22.1. The third-order valence-corrected chi connectivity index (χ3v) is 4.95. The van der Waals surface area contributed by atoms with Crippen molar-refractivity contribution in [2.24, 2.45) is 0 Å². The van der Waals surface area contributed by atoms with Crippen molar-refractivity contribution in [2.75, 3.05) is 0 Å². The first-order chi connectivity index (χ1) is 15.7. The van der Waals surface area contributed by atoms with Crippen molar-refractivity contribution in [3.8, 4) is 17.3 Å². The highest BCUT2D eigenvalue weighted by atomic mass is 35.5. The van der Waals surface area contributed by atoms with Gasteiger partial charge < -0.3 is 9.15 Å². The smallest absolute Gasteiger partial charge is 0.359 e. The van der Waals surface area contributed by atoms with Crippen molar-refractivity contribution in [2.45, 2.75) is 26.9 Å². The van der Waals surface area contributed by atoms with Crippen LogP contribution in [0.25, 0.3) is 17.3 Å². The predicted octanol–water partition coefficient (Wildman–Crippen LogP) is 4.41. The molecule has 0 fully saturated rings. The number of rotatable bonds is 6. The summed E-state index contributed by atoms with van der Waals surface area (Å²) in [7, 11) is 0. The number of non-ortho nitro benzene ring substituents is 1. The summed E-state index contributed by atoms with van der Waals surface area (Å²) < 4.78 is 12.6. The number of carbonyl (C=O) groups excluding carboxylic acids is 1. The highest BCUT2D eigenvalue weighted by Crippen LogP contribution is 2.26. The Bertz CT molecular complexity index is 1350. The Morgan fingerprint density at radius 3 is 2.55 bits per heavy atom. The van der Waals surface area contributed by atoms with E-state index in [4.69, 9.17) is 20.8 Å². The lowest BCUT2D eigenvalue weighted by atomic mass is 10.2. The van der Waals surface area contributed by atoms with Gasteiger partial charge in [0.15, 0.2) is 17.6 Å². The summed E-state index contributed by atoms with van der Waals surface area (Å²) in [5, 5.41) is 23.1. The number of nitro groups is 1. The van der Waals surface area contributed by atoms with E-state index in [1.807, 2.05) is 19.9 Å². The van der Waals surface area contributed by atoms with Crippen LogP contribution in [-0.4, -0.2) is 35.9 Å². The molecule has 3 aromatic heterocycles. The van der Waals surface area contributed by atoms with Gasteiger partial charge in [-0.25, -0.2) is 14.5 Å². The Kier molecular flexibility index (Phi) is 5.88. The molecule has 0 bridgehead atoms. The fraction of sp³-hybridized carbons (Fsp3) is 0.190. The lowest BCUT2D eigenvalue weighted by molar-refractivity contribution is -0.384. The zero-order chi connectivity index (χ0) is 23.7. The molecular weight excluding hydrogens is 452 g/mol. The summed E-state index contributed by atoms with van der Waals surface area (Å²) in [6.07, 6.45) is -0.896. The molecule has 0 N–H and O–H groups in total. The van der Waals surface area contributed by atoms with E-state index in [0.29, 0.717) is 11.4 Å². The second-order valence-corrected chi connectivity index (χ2v) is 7.54. The van der Waals surface area contributed by atoms with Crippen LogP contribution < -0.4 is 0 Å². The van der Waals surface area contributed by atoms with Crippen LogP contribution in [0.3, 0.4) is 0 Å². The second-order valence-electron chi connectivity index (χ2n) is 7.14. The number of hydrogen-bond acceptors (Lipinski definition) is 9. The number of aromatic nitrogens is 5. The summed E-state index contributed by atoms with van der Waals surface area (Å²) in [4.78, 5) is 27.3. The Balaban J connectivity index is 1.52. The lowest BCUT2D eigenvalue weighted by Crippen LogP contribution is -2.14. The molecule has 0 aliphatic rings. The van der Waals surface area contributed by atoms with E-state index in [9.17, 15) is 14.9 Å². The quantitative estimate of drug-likeness (QED) is 0.228. The van der Waals surface area contributed by atoms with E-state index in [-0.39, 0.29) is 28.2 Å². The summed E-state index contributed by atoms with van der Waals surface area (Å²) in [6, 6.07) is 10.7. The molecule has 0 radical (unpaired) electrons. The number of carbonyl (C=O) groups is 1. The Hall–Kier alpha value is -4.12. The van der Waals surface area contributed by atoms with Crippen molar-refractivity contribution in [3.05, 3.63) is 80.6 Å². The number of nitro benzene ring substituents is 1. The monoisotopic (exact) mass is 468 g/mol. The fourth-order valence-electron chi connectivity index (χ4n) is 3.06. The predicted molar refractivity (Wildman–Crippen MR) is 116 cm³/mol. The van der Waals surface area contributed by atoms with Crippen LogP contribution in [0.2, 0.25) is 5.02 Å². The van der Waals surface area contributed by atoms with Crippen LogP contribution in [0.5, 0.6) is 0 Å². The van der Waals surface area contributed by atoms with Crippen molar-refractivity contribution in [3.63, 3.8) is 0 Å². The van der Waals surface area contributed by atoms with E-state index in [1.54, 1.807) is 23.7 Å². The Morgan fingerprint density at radius 1 is 1.18 bits per heavy atom. The first-order valence-electron chi connectivity index (χ1n) is 9.72. The maximum Gasteiger partial charge on any atom is 0.359 e. The summed E-state index contributed by atoms with van der Waals surface area (Å²) >= 11 is 6.18. The van der Waals surface area contributed by atoms with Gasteiger partial charge in [-0.2, -0.15) is 5.10 Å². The molecule has 0 saturated carbocycles. The van der Waals surface area contributed by atoms with Gasteiger partial charge in [-0.15, -0.1) is 10.2 Å². The van der Waals surface area contributed by atoms with Crippen LogP contribution >= 0.6 is 11.6 Å². The molecule has 1 atom stereocenters. The van der Waals surface area contributed by atoms with Crippen molar-refractivity contribution in [1.82, 2.24) is 25.0 Å². The van der Waals surface area contributed by atoms with Gasteiger partial charge in [-0.3, -0.25) is 10.1 Å². The molecule has 0 aliphatic heterocycles. The second kappa shape index (κ2) is 8.79. The Morgan fingerprint density at radius 2 is 1.91 bits per heavy atom. The van der Waals surface area contributed by atoms with Crippen LogP contribution in [0.1, 0.15) is 40.8 Å². The van der Waals surface area contributed by atoms with Crippen molar-refractivity contribution >= 4 is 23.3 Å². The zero-order valence-electron chi connectivity index (χ0n) is 17.7. The van der Waals surface area contributed by atoms with Crippen LogP contribution in [0.15, 0.2) is 46.9 Å². The summed E-state index contributed by atoms with van der Waals surface area (Å²) in [5.41, 5.74) is 2.00. The molecule has 0 saturated heterocycles. The standard InChI is InChI=1S/C21H17ClN6O5/c1-11-10-12(2)27(26-11)17-9-8-16(22)18(23-17)21(29)32-13(3)19-24-25-20(33-19)14-4-6-15(7-5-14)28(30)31/h4-10,13H,1-3H3. The lowest BCUT2D eigenvalue weighted by Gasteiger charge is -2.11. The molecule has 4 aromatic rings. The van der Waals surface area contributed by atoms with Crippen molar-refractivity contribution in [1.29, 1.82) is 0 Å².